The smallest absolute Gasteiger partial charge is 0.432 e. The molecule has 42 heavy (non-hydrogen) atoms. The molecule has 0 fully saturated rings. The van der Waals surface area contributed by atoms with Crippen molar-refractivity contribution in [3.8, 4) is 16.9 Å². The SMILES string of the molecule is CC(C)(C)c1cc(N2c3cc4sccc4c4c3B(Oc3ccccc3-4)c3c2ccc2ccccc32)cc(C(C)(C)C)c1. The normalized spacial score (nSPS) is 14.0. The Morgan fingerprint density at radius 1 is 0.667 bits per heavy atom. The number of nitrogens with zero attached hydrogens (tertiary/aromatic N) is 1. The summed E-state index contributed by atoms with van der Waals surface area (Å²) in [7, 11) is 0. The fourth-order valence-corrected chi connectivity index (χ4v) is 7.62. The topological polar surface area (TPSA) is 12.5 Å². The van der Waals surface area contributed by atoms with Gasteiger partial charge in [0.25, 0.3) is 0 Å². The summed E-state index contributed by atoms with van der Waals surface area (Å²) in [6.07, 6.45) is 0. The van der Waals surface area contributed by atoms with Crippen molar-refractivity contribution in [3.05, 3.63) is 108 Å². The molecular formula is C38H34BNOS. The predicted molar refractivity (Wildman–Crippen MR) is 182 cm³/mol. The molecule has 5 aromatic carbocycles. The summed E-state index contributed by atoms with van der Waals surface area (Å²) in [4.78, 5) is 2.53. The molecular weight excluding hydrogens is 529 g/mol. The lowest BCUT2D eigenvalue weighted by Gasteiger charge is -2.41. The zero-order valence-corrected chi connectivity index (χ0v) is 25.9. The fourth-order valence-electron chi connectivity index (χ4n) is 6.79. The van der Waals surface area contributed by atoms with Crippen LogP contribution in [0.3, 0.4) is 0 Å². The number of hydrogen-bond donors (Lipinski definition) is 0. The van der Waals surface area contributed by atoms with Crippen LogP contribution >= 0.6 is 11.3 Å². The number of fused-ring (bicyclic) bond motifs is 8. The van der Waals surface area contributed by atoms with Crippen LogP contribution in [0.1, 0.15) is 52.7 Å². The molecule has 0 aliphatic carbocycles. The van der Waals surface area contributed by atoms with Gasteiger partial charge in [0.15, 0.2) is 0 Å². The first-order valence-corrected chi connectivity index (χ1v) is 15.8. The van der Waals surface area contributed by atoms with Crippen LogP contribution in [-0.2, 0) is 10.8 Å². The average molecular weight is 564 g/mol. The van der Waals surface area contributed by atoms with E-state index in [1.807, 2.05) is 11.3 Å². The van der Waals surface area contributed by atoms with Crippen molar-refractivity contribution >= 4 is 67.1 Å². The highest BCUT2D eigenvalue weighted by atomic mass is 32.1. The number of benzene rings is 5. The second-order valence-electron chi connectivity index (χ2n) is 13.8. The molecule has 2 aliphatic heterocycles. The molecule has 0 unspecified atom stereocenters. The van der Waals surface area contributed by atoms with Gasteiger partial charge in [-0.15, -0.1) is 11.3 Å². The van der Waals surface area contributed by atoms with Gasteiger partial charge in [-0.05, 0) is 80.1 Å². The second-order valence-corrected chi connectivity index (χ2v) is 14.8. The van der Waals surface area contributed by atoms with Crippen molar-refractivity contribution in [1.82, 2.24) is 0 Å². The van der Waals surface area contributed by atoms with Gasteiger partial charge in [-0.2, -0.15) is 0 Å². The van der Waals surface area contributed by atoms with Crippen molar-refractivity contribution in [2.75, 3.05) is 4.90 Å². The fraction of sp³-hybridized carbons (Fsp3) is 0.211. The van der Waals surface area contributed by atoms with Crippen molar-refractivity contribution in [3.63, 3.8) is 0 Å². The highest BCUT2D eigenvalue weighted by molar-refractivity contribution is 7.17. The molecule has 0 N–H and O–H groups in total. The first-order chi connectivity index (χ1) is 20.1. The molecule has 0 bridgehead atoms. The summed E-state index contributed by atoms with van der Waals surface area (Å²) >= 11 is 1.82. The molecule has 3 heterocycles. The van der Waals surface area contributed by atoms with Gasteiger partial charge in [-0.25, -0.2) is 0 Å². The largest absolute Gasteiger partial charge is 0.551 e. The van der Waals surface area contributed by atoms with Crippen LogP contribution in [0.15, 0.2) is 96.4 Å². The summed E-state index contributed by atoms with van der Waals surface area (Å²) in [6, 6.07) is 33.8. The maximum atomic E-state index is 7.02. The van der Waals surface area contributed by atoms with Gasteiger partial charge < -0.3 is 9.55 Å². The molecule has 206 valence electrons. The Labute approximate surface area is 252 Å². The van der Waals surface area contributed by atoms with Crippen molar-refractivity contribution in [2.45, 2.75) is 52.4 Å². The van der Waals surface area contributed by atoms with Crippen LogP contribution in [0.25, 0.3) is 32.0 Å². The minimum absolute atomic E-state index is 0.0136. The van der Waals surface area contributed by atoms with Crippen LogP contribution in [-0.4, -0.2) is 6.92 Å². The van der Waals surface area contributed by atoms with Crippen LogP contribution < -0.4 is 20.5 Å². The molecule has 2 aliphatic rings. The minimum atomic E-state index is -0.195. The lowest BCUT2D eigenvalue weighted by atomic mass is 9.48. The Balaban J connectivity index is 1.54. The van der Waals surface area contributed by atoms with Gasteiger partial charge >= 0.3 is 6.92 Å². The van der Waals surface area contributed by atoms with Gasteiger partial charge in [0.1, 0.15) is 5.75 Å². The molecule has 0 atom stereocenters. The Morgan fingerprint density at radius 3 is 2.14 bits per heavy atom. The lowest BCUT2D eigenvalue weighted by Crippen LogP contribution is -2.56. The minimum Gasteiger partial charge on any atom is -0.551 e. The molecule has 8 rings (SSSR count). The van der Waals surface area contributed by atoms with Gasteiger partial charge in [0, 0.05) is 43.6 Å². The van der Waals surface area contributed by atoms with Gasteiger partial charge in [-0.3, -0.25) is 0 Å². The van der Waals surface area contributed by atoms with E-state index >= 15 is 0 Å². The monoisotopic (exact) mass is 563 g/mol. The summed E-state index contributed by atoms with van der Waals surface area (Å²) in [5.41, 5.74) is 11.3. The molecule has 0 amide bonds. The van der Waals surface area contributed by atoms with E-state index in [4.69, 9.17) is 4.65 Å². The Hall–Kier alpha value is -4.02. The summed E-state index contributed by atoms with van der Waals surface area (Å²) in [5, 5.41) is 6.01. The maximum absolute atomic E-state index is 7.02. The third-order valence-electron chi connectivity index (χ3n) is 9.04. The van der Waals surface area contributed by atoms with Crippen LogP contribution in [0, 0.1) is 0 Å². The lowest BCUT2D eigenvalue weighted by molar-refractivity contribution is 0.568. The Bertz CT molecular complexity index is 2030. The molecule has 1 aromatic heterocycles. The maximum Gasteiger partial charge on any atom is 0.432 e. The molecule has 0 saturated heterocycles. The molecule has 2 nitrogen and oxygen atoms in total. The van der Waals surface area contributed by atoms with E-state index in [-0.39, 0.29) is 17.7 Å². The van der Waals surface area contributed by atoms with Crippen molar-refractivity contribution in [1.29, 1.82) is 0 Å². The van der Waals surface area contributed by atoms with Crippen molar-refractivity contribution in [2.24, 2.45) is 0 Å². The third kappa shape index (κ3) is 3.71. The predicted octanol–water partition coefficient (Wildman–Crippen LogP) is 9.60. The zero-order chi connectivity index (χ0) is 29.0. The first-order valence-electron chi connectivity index (χ1n) is 14.9. The Kier molecular flexibility index (Phi) is 5.35. The highest BCUT2D eigenvalue weighted by Crippen LogP contribution is 2.48. The van der Waals surface area contributed by atoms with Crippen LogP contribution in [0.5, 0.6) is 5.75 Å². The van der Waals surface area contributed by atoms with E-state index in [1.165, 1.54) is 71.1 Å². The van der Waals surface area contributed by atoms with E-state index in [0.29, 0.717) is 0 Å². The first kappa shape index (κ1) is 25.7. The average Bonchev–Trinajstić information content (AvgIpc) is 3.44. The van der Waals surface area contributed by atoms with E-state index in [2.05, 4.69) is 143 Å². The molecule has 6 aromatic rings. The Morgan fingerprint density at radius 2 is 1.38 bits per heavy atom. The van der Waals surface area contributed by atoms with E-state index in [0.717, 1.165) is 5.75 Å². The molecule has 0 spiro atoms. The highest BCUT2D eigenvalue weighted by Gasteiger charge is 2.44. The second kappa shape index (κ2) is 8.75. The summed E-state index contributed by atoms with van der Waals surface area (Å²) in [5.74, 6) is 0.955. The summed E-state index contributed by atoms with van der Waals surface area (Å²) in [6.45, 7) is 13.7. The molecule has 0 saturated carbocycles. The van der Waals surface area contributed by atoms with Crippen LogP contribution in [0.2, 0.25) is 0 Å². The van der Waals surface area contributed by atoms with Gasteiger partial charge in [0.2, 0.25) is 0 Å². The van der Waals surface area contributed by atoms with Crippen molar-refractivity contribution < 1.29 is 4.65 Å². The number of para-hydroxylation sites is 1. The third-order valence-corrected chi connectivity index (χ3v) is 9.90. The standard InChI is InChI=1S/C38H34BNOS/c1-37(2,3)24-19-25(38(4,5)6)21-26(20-24)40-30-16-15-23-11-7-8-12-27(23)35(30)39-36-31(40)22-33-29(17-18-42-33)34(36)28-13-9-10-14-32(28)41-39/h7-22H,1-6H3. The van der Waals surface area contributed by atoms with E-state index in [1.54, 1.807) is 0 Å². The quantitative estimate of drug-likeness (QED) is 0.185. The zero-order valence-electron chi connectivity index (χ0n) is 25.1. The number of rotatable bonds is 1. The van der Waals surface area contributed by atoms with E-state index in [9.17, 15) is 0 Å². The summed E-state index contributed by atoms with van der Waals surface area (Å²) < 4.78 is 8.32. The van der Waals surface area contributed by atoms with E-state index < -0.39 is 0 Å². The number of hydrogen-bond acceptors (Lipinski definition) is 3. The van der Waals surface area contributed by atoms with Crippen LogP contribution in [0.4, 0.5) is 17.1 Å². The number of anilines is 3. The number of thiophene rings is 1. The molecule has 4 heteroatoms. The molecule has 0 radical (unpaired) electrons. The van der Waals surface area contributed by atoms with Gasteiger partial charge in [-0.1, -0.05) is 96.1 Å². The van der Waals surface area contributed by atoms with Gasteiger partial charge in [0.05, 0.1) is 0 Å².